The van der Waals surface area contributed by atoms with E-state index in [1.54, 1.807) is 24.3 Å². The van der Waals surface area contributed by atoms with Crippen LogP contribution in [0.1, 0.15) is 17.7 Å². The third-order valence-corrected chi connectivity index (χ3v) is 4.35. The summed E-state index contributed by atoms with van der Waals surface area (Å²) in [6, 6.07) is 8.29. The molecule has 128 valence electrons. The molecule has 4 rings (SSSR count). The van der Waals surface area contributed by atoms with Gasteiger partial charge in [-0.2, -0.15) is 5.10 Å². The molecule has 1 unspecified atom stereocenters. The second kappa shape index (κ2) is 6.43. The van der Waals surface area contributed by atoms with E-state index in [-0.39, 0.29) is 18.6 Å². The number of aryl methyl sites for hydroxylation is 1. The summed E-state index contributed by atoms with van der Waals surface area (Å²) in [7, 11) is 0. The number of aromatic nitrogens is 2. The number of carbonyl (C=O) groups is 1. The number of fused-ring (bicyclic) bond motifs is 2. The minimum absolute atomic E-state index is 0.0860. The summed E-state index contributed by atoms with van der Waals surface area (Å²) in [6.07, 6.45) is 4.35. The number of hydrogen-bond acceptors (Lipinski definition) is 5. The second-order valence-corrected chi connectivity index (χ2v) is 6.12. The van der Waals surface area contributed by atoms with Crippen molar-refractivity contribution in [3.05, 3.63) is 58.2 Å². The Labute approximate surface area is 143 Å². The summed E-state index contributed by atoms with van der Waals surface area (Å²) in [5.41, 5.74) is 2.32. The number of benzene rings is 1. The number of aromatic amines is 1. The Morgan fingerprint density at radius 3 is 3.16 bits per heavy atom. The largest absolute Gasteiger partial charge is 0.484 e. The molecule has 1 atom stereocenters. The quantitative estimate of drug-likeness (QED) is 0.703. The molecule has 3 aromatic rings. The van der Waals surface area contributed by atoms with Gasteiger partial charge in [0.25, 0.3) is 5.91 Å². The van der Waals surface area contributed by atoms with Crippen molar-refractivity contribution in [3.8, 4) is 5.75 Å². The fraction of sp³-hybridized carbons (Fsp3) is 0.278. The van der Waals surface area contributed by atoms with Crippen LogP contribution in [0.2, 0.25) is 0 Å². The zero-order valence-electron chi connectivity index (χ0n) is 13.5. The molecule has 0 saturated heterocycles. The van der Waals surface area contributed by atoms with Gasteiger partial charge in [0.1, 0.15) is 11.3 Å². The number of nitrogens with one attached hydrogen (secondary N) is 2. The van der Waals surface area contributed by atoms with Crippen molar-refractivity contribution in [1.29, 1.82) is 0 Å². The van der Waals surface area contributed by atoms with E-state index in [9.17, 15) is 9.59 Å². The fourth-order valence-electron chi connectivity index (χ4n) is 3.09. The molecule has 2 N–H and O–H groups in total. The Morgan fingerprint density at radius 2 is 2.24 bits per heavy atom. The van der Waals surface area contributed by atoms with Crippen molar-refractivity contribution >= 4 is 16.9 Å². The van der Waals surface area contributed by atoms with Crippen molar-refractivity contribution in [1.82, 2.24) is 15.5 Å². The van der Waals surface area contributed by atoms with Crippen LogP contribution in [0.3, 0.4) is 0 Å². The Morgan fingerprint density at radius 1 is 1.36 bits per heavy atom. The van der Waals surface area contributed by atoms with E-state index in [2.05, 4.69) is 15.5 Å². The zero-order valence-corrected chi connectivity index (χ0v) is 13.5. The minimum Gasteiger partial charge on any atom is -0.484 e. The summed E-state index contributed by atoms with van der Waals surface area (Å²) in [6.45, 7) is -0.0860. The molecular weight excluding hydrogens is 322 g/mol. The van der Waals surface area contributed by atoms with Crippen LogP contribution in [0.5, 0.6) is 5.75 Å². The number of carbonyl (C=O) groups excluding carboxylic acids is 1. The van der Waals surface area contributed by atoms with E-state index in [0.29, 0.717) is 11.3 Å². The molecule has 7 heteroatoms. The molecule has 0 spiro atoms. The molecule has 2 heterocycles. The molecule has 1 aromatic carbocycles. The lowest BCUT2D eigenvalue weighted by atomic mass is 9.93. The number of amides is 1. The monoisotopic (exact) mass is 339 g/mol. The molecular formula is C18H17N3O4. The molecule has 1 aliphatic rings. The van der Waals surface area contributed by atoms with E-state index >= 15 is 0 Å². The van der Waals surface area contributed by atoms with Crippen LogP contribution < -0.4 is 15.7 Å². The maximum absolute atomic E-state index is 12.1. The zero-order chi connectivity index (χ0) is 17.2. The van der Waals surface area contributed by atoms with E-state index < -0.39 is 5.63 Å². The highest BCUT2D eigenvalue weighted by Gasteiger charge is 2.21. The third kappa shape index (κ3) is 3.40. The van der Waals surface area contributed by atoms with Gasteiger partial charge in [0.2, 0.25) is 0 Å². The topological polar surface area (TPSA) is 97.2 Å². The Kier molecular flexibility index (Phi) is 3.97. The van der Waals surface area contributed by atoms with Crippen LogP contribution in [-0.4, -0.2) is 28.8 Å². The van der Waals surface area contributed by atoms with Crippen LogP contribution in [0.25, 0.3) is 11.0 Å². The second-order valence-electron chi connectivity index (χ2n) is 6.12. The Hall–Kier alpha value is -3.09. The van der Waals surface area contributed by atoms with E-state index in [4.69, 9.17) is 9.15 Å². The van der Waals surface area contributed by atoms with Gasteiger partial charge in [0, 0.05) is 29.3 Å². The Bertz CT molecular complexity index is 976. The van der Waals surface area contributed by atoms with Gasteiger partial charge < -0.3 is 14.5 Å². The molecule has 0 radical (unpaired) electrons. The molecule has 7 nitrogen and oxygen atoms in total. The lowest BCUT2D eigenvalue weighted by molar-refractivity contribution is -0.123. The highest BCUT2D eigenvalue weighted by atomic mass is 16.5. The third-order valence-electron chi connectivity index (χ3n) is 4.35. The number of hydrogen-bond donors (Lipinski definition) is 2. The number of H-pyrrole nitrogens is 1. The molecule has 2 aromatic heterocycles. The van der Waals surface area contributed by atoms with Crippen LogP contribution >= 0.6 is 0 Å². The van der Waals surface area contributed by atoms with Crippen LogP contribution in [0.15, 0.2) is 45.7 Å². The van der Waals surface area contributed by atoms with Crippen molar-refractivity contribution in [2.45, 2.75) is 25.3 Å². The summed E-state index contributed by atoms with van der Waals surface area (Å²) >= 11 is 0. The first-order valence-corrected chi connectivity index (χ1v) is 8.14. The van der Waals surface area contributed by atoms with Crippen LogP contribution in [0.4, 0.5) is 0 Å². The summed E-state index contributed by atoms with van der Waals surface area (Å²) < 4.78 is 10.6. The molecule has 1 aliphatic carbocycles. The SMILES string of the molecule is O=C(COc1ccc2ccc(=O)oc2c1)NC1CCc2[nH]ncc2C1. The highest BCUT2D eigenvalue weighted by molar-refractivity contribution is 5.79. The Balaban J connectivity index is 1.35. The van der Waals surface area contributed by atoms with Crippen molar-refractivity contribution in [2.24, 2.45) is 0 Å². The van der Waals surface area contributed by atoms with E-state index in [1.165, 1.54) is 6.07 Å². The van der Waals surface area contributed by atoms with Crippen LogP contribution in [-0.2, 0) is 17.6 Å². The number of rotatable bonds is 4. The first-order chi connectivity index (χ1) is 12.2. The number of ether oxygens (including phenoxy) is 1. The van der Waals surface area contributed by atoms with Gasteiger partial charge in [-0.3, -0.25) is 9.89 Å². The summed E-state index contributed by atoms with van der Waals surface area (Å²) in [5, 5.41) is 10.8. The predicted molar refractivity (Wildman–Crippen MR) is 90.5 cm³/mol. The van der Waals surface area contributed by atoms with Gasteiger partial charge in [-0.25, -0.2) is 4.79 Å². The molecule has 0 fully saturated rings. The van der Waals surface area contributed by atoms with Crippen molar-refractivity contribution < 1.29 is 13.9 Å². The van der Waals surface area contributed by atoms with E-state index in [1.807, 2.05) is 6.20 Å². The standard InChI is InChI=1S/C18H17N3O4/c22-17(20-13-3-5-15-12(7-13)9-19-21-15)10-24-14-4-1-11-2-6-18(23)25-16(11)8-14/h1-2,4,6,8-9,13H,3,5,7,10H2,(H,19,21)(H,20,22). The van der Waals surface area contributed by atoms with Crippen molar-refractivity contribution in [3.63, 3.8) is 0 Å². The van der Waals surface area contributed by atoms with Gasteiger partial charge in [0.05, 0.1) is 6.20 Å². The summed E-state index contributed by atoms with van der Waals surface area (Å²) in [5.74, 6) is 0.310. The maximum atomic E-state index is 12.1. The molecule has 25 heavy (non-hydrogen) atoms. The smallest absolute Gasteiger partial charge is 0.336 e. The predicted octanol–water partition coefficient (Wildman–Crippen LogP) is 1.57. The average Bonchev–Trinajstić information content (AvgIpc) is 3.07. The lowest BCUT2D eigenvalue weighted by Crippen LogP contribution is -2.41. The summed E-state index contributed by atoms with van der Waals surface area (Å²) in [4.78, 5) is 23.4. The molecule has 0 saturated carbocycles. The van der Waals surface area contributed by atoms with Crippen LogP contribution in [0, 0.1) is 0 Å². The average molecular weight is 339 g/mol. The highest BCUT2D eigenvalue weighted by Crippen LogP contribution is 2.20. The van der Waals surface area contributed by atoms with Gasteiger partial charge in [-0.1, -0.05) is 0 Å². The van der Waals surface area contributed by atoms with Gasteiger partial charge >= 0.3 is 5.63 Å². The minimum atomic E-state index is -0.418. The van der Waals surface area contributed by atoms with Gasteiger partial charge in [-0.05, 0) is 43.0 Å². The fourth-order valence-corrected chi connectivity index (χ4v) is 3.09. The van der Waals surface area contributed by atoms with E-state index in [0.717, 1.165) is 35.9 Å². The maximum Gasteiger partial charge on any atom is 0.336 e. The molecule has 0 bridgehead atoms. The van der Waals surface area contributed by atoms with Gasteiger partial charge in [-0.15, -0.1) is 0 Å². The number of nitrogens with zero attached hydrogens (tertiary/aromatic N) is 1. The lowest BCUT2D eigenvalue weighted by Gasteiger charge is -2.22. The normalized spacial score (nSPS) is 16.4. The first-order valence-electron chi connectivity index (χ1n) is 8.14. The molecule has 0 aliphatic heterocycles. The van der Waals surface area contributed by atoms with Gasteiger partial charge in [0.15, 0.2) is 6.61 Å². The first kappa shape index (κ1) is 15.4. The molecule has 1 amide bonds. The van der Waals surface area contributed by atoms with Crippen molar-refractivity contribution in [2.75, 3.05) is 6.61 Å².